The van der Waals surface area contributed by atoms with Crippen LogP contribution in [0.3, 0.4) is 0 Å². The van der Waals surface area contributed by atoms with Gasteiger partial charge < -0.3 is 23.9 Å². The molecular formula is C18H27NO5. The second-order valence-electron chi connectivity index (χ2n) is 5.53. The van der Waals surface area contributed by atoms with Crippen molar-refractivity contribution in [2.45, 2.75) is 12.8 Å². The highest BCUT2D eigenvalue weighted by atomic mass is 16.7. The number of aldehydes is 1. The number of carbonyl (C=O) groups excluding carboxylic acids is 2. The second-order valence-corrected chi connectivity index (χ2v) is 5.53. The Kier molecular flexibility index (Phi) is 10.7. The van der Waals surface area contributed by atoms with Crippen LogP contribution >= 0.6 is 0 Å². The molecule has 0 saturated carbocycles. The van der Waals surface area contributed by atoms with Crippen molar-refractivity contribution in [3.8, 4) is 0 Å². The van der Waals surface area contributed by atoms with Crippen LogP contribution in [0.15, 0.2) is 30.3 Å². The zero-order valence-electron chi connectivity index (χ0n) is 14.5. The molecule has 1 amide bonds. The van der Waals surface area contributed by atoms with Crippen LogP contribution in [0.4, 0.5) is 0 Å². The number of likely N-dealkylation sites (N-methyl/N-ethyl adjacent to an activating group) is 1. The quantitative estimate of drug-likeness (QED) is 0.310. The molecule has 1 atom stereocenters. The smallest absolute Gasteiger partial charge is 0.223 e. The van der Waals surface area contributed by atoms with Gasteiger partial charge in [0, 0.05) is 33.0 Å². The summed E-state index contributed by atoms with van der Waals surface area (Å²) < 4.78 is 15.3. The molecule has 0 fully saturated rings. The van der Waals surface area contributed by atoms with Crippen molar-refractivity contribution in [2.24, 2.45) is 5.92 Å². The van der Waals surface area contributed by atoms with Crippen LogP contribution in [0, 0.1) is 5.92 Å². The lowest BCUT2D eigenvalue weighted by Crippen LogP contribution is -2.32. The summed E-state index contributed by atoms with van der Waals surface area (Å²) in [7, 11) is 3.32. The van der Waals surface area contributed by atoms with Crippen molar-refractivity contribution in [3.05, 3.63) is 35.9 Å². The Morgan fingerprint density at radius 2 is 1.88 bits per heavy atom. The first kappa shape index (κ1) is 20.3. The molecule has 0 aliphatic carbocycles. The summed E-state index contributed by atoms with van der Waals surface area (Å²) in [6, 6.07) is 9.70. The molecule has 0 unspecified atom stereocenters. The number of rotatable bonds is 13. The van der Waals surface area contributed by atoms with Crippen LogP contribution in [0.5, 0.6) is 0 Å². The second kappa shape index (κ2) is 12.6. The number of hydrogen-bond donors (Lipinski definition) is 0. The number of ether oxygens (including phenoxy) is 3. The van der Waals surface area contributed by atoms with Crippen LogP contribution in [0.1, 0.15) is 12.0 Å². The van der Waals surface area contributed by atoms with Gasteiger partial charge >= 0.3 is 0 Å². The summed E-state index contributed by atoms with van der Waals surface area (Å²) >= 11 is 0. The maximum absolute atomic E-state index is 12.2. The van der Waals surface area contributed by atoms with Gasteiger partial charge in [-0.05, 0) is 12.0 Å². The zero-order chi connectivity index (χ0) is 17.6. The molecule has 134 valence electrons. The summed E-state index contributed by atoms with van der Waals surface area (Å²) in [4.78, 5) is 25.0. The first-order chi connectivity index (χ1) is 11.7. The van der Waals surface area contributed by atoms with Crippen molar-refractivity contribution in [3.63, 3.8) is 0 Å². The Labute approximate surface area is 143 Å². The third-order valence-electron chi connectivity index (χ3n) is 3.57. The Balaban J connectivity index is 2.23. The monoisotopic (exact) mass is 337 g/mol. The molecule has 1 aromatic carbocycles. The van der Waals surface area contributed by atoms with E-state index in [1.54, 1.807) is 19.1 Å². The number of benzene rings is 1. The lowest BCUT2D eigenvalue weighted by molar-refractivity contribution is -0.134. The van der Waals surface area contributed by atoms with Crippen LogP contribution in [-0.2, 0) is 30.2 Å². The van der Waals surface area contributed by atoms with E-state index in [1.165, 1.54) is 0 Å². The molecule has 0 aromatic heterocycles. The zero-order valence-corrected chi connectivity index (χ0v) is 14.5. The van der Waals surface area contributed by atoms with E-state index >= 15 is 0 Å². The SMILES string of the molecule is COCCOCOCCN(C)C(=O)C[C@H](C=O)Cc1ccccc1. The summed E-state index contributed by atoms with van der Waals surface area (Å²) in [5, 5.41) is 0. The highest BCUT2D eigenvalue weighted by Gasteiger charge is 2.16. The molecule has 1 aromatic rings. The van der Waals surface area contributed by atoms with E-state index in [-0.39, 0.29) is 25.0 Å². The molecule has 6 nitrogen and oxygen atoms in total. The van der Waals surface area contributed by atoms with E-state index in [0.717, 1.165) is 11.8 Å². The molecule has 24 heavy (non-hydrogen) atoms. The maximum Gasteiger partial charge on any atom is 0.223 e. The fraction of sp³-hybridized carbons (Fsp3) is 0.556. The number of nitrogens with zero attached hydrogens (tertiary/aromatic N) is 1. The van der Waals surface area contributed by atoms with Gasteiger partial charge in [-0.15, -0.1) is 0 Å². The minimum atomic E-state index is -0.305. The molecule has 0 bridgehead atoms. The molecule has 0 radical (unpaired) electrons. The van der Waals surface area contributed by atoms with Gasteiger partial charge in [0.2, 0.25) is 5.91 Å². The average Bonchev–Trinajstić information content (AvgIpc) is 2.61. The van der Waals surface area contributed by atoms with Gasteiger partial charge in [0.05, 0.1) is 19.8 Å². The number of methoxy groups -OCH3 is 1. The van der Waals surface area contributed by atoms with Gasteiger partial charge in [-0.1, -0.05) is 30.3 Å². The average molecular weight is 337 g/mol. The van der Waals surface area contributed by atoms with Crippen molar-refractivity contribution in [2.75, 3.05) is 47.3 Å². The molecule has 0 aliphatic rings. The number of hydrogen-bond acceptors (Lipinski definition) is 5. The Morgan fingerprint density at radius 3 is 2.54 bits per heavy atom. The van der Waals surface area contributed by atoms with Gasteiger partial charge in [0.25, 0.3) is 0 Å². The van der Waals surface area contributed by atoms with Crippen molar-refractivity contribution in [1.82, 2.24) is 4.90 Å². The minimum absolute atomic E-state index is 0.0630. The number of carbonyl (C=O) groups is 2. The van der Waals surface area contributed by atoms with Gasteiger partial charge in [-0.3, -0.25) is 4.79 Å². The Morgan fingerprint density at radius 1 is 1.17 bits per heavy atom. The summed E-state index contributed by atoms with van der Waals surface area (Å²) in [5.41, 5.74) is 1.06. The largest absolute Gasteiger partial charge is 0.382 e. The Bertz CT molecular complexity index is 466. The topological polar surface area (TPSA) is 65.1 Å². The highest BCUT2D eigenvalue weighted by molar-refractivity contribution is 5.79. The van der Waals surface area contributed by atoms with E-state index in [9.17, 15) is 9.59 Å². The van der Waals surface area contributed by atoms with Gasteiger partial charge in [0.1, 0.15) is 13.1 Å². The van der Waals surface area contributed by atoms with E-state index in [2.05, 4.69) is 0 Å². The van der Waals surface area contributed by atoms with Crippen molar-refractivity contribution in [1.29, 1.82) is 0 Å². The van der Waals surface area contributed by atoms with Crippen LogP contribution < -0.4 is 0 Å². The minimum Gasteiger partial charge on any atom is -0.382 e. The third-order valence-corrected chi connectivity index (χ3v) is 3.57. The number of amides is 1. The lowest BCUT2D eigenvalue weighted by Gasteiger charge is -2.19. The van der Waals surface area contributed by atoms with Gasteiger partial charge in [0.15, 0.2) is 0 Å². The molecule has 0 saturated heterocycles. The molecule has 0 aliphatic heterocycles. The molecular weight excluding hydrogens is 310 g/mol. The molecule has 0 heterocycles. The van der Waals surface area contributed by atoms with Crippen LogP contribution in [-0.4, -0.2) is 64.4 Å². The molecule has 0 spiro atoms. The molecule has 6 heteroatoms. The Hall–Kier alpha value is -1.76. The van der Waals surface area contributed by atoms with Crippen molar-refractivity contribution >= 4 is 12.2 Å². The third kappa shape index (κ3) is 8.76. The predicted molar refractivity (Wildman–Crippen MR) is 90.6 cm³/mol. The van der Waals surface area contributed by atoms with Gasteiger partial charge in [-0.25, -0.2) is 0 Å². The molecule has 1 rings (SSSR count). The maximum atomic E-state index is 12.2. The summed E-state index contributed by atoms with van der Waals surface area (Å²) in [5.74, 6) is -0.368. The van der Waals surface area contributed by atoms with E-state index in [1.807, 2.05) is 30.3 Å². The van der Waals surface area contributed by atoms with Crippen LogP contribution in [0.25, 0.3) is 0 Å². The van der Waals surface area contributed by atoms with E-state index in [0.29, 0.717) is 32.8 Å². The normalized spacial score (nSPS) is 11.9. The highest BCUT2D eigenvalue weighted by Crippen LogP contribution is 2.11. The van der Waals surface area contributed by atoms with E-state index < -0.39 is 0 Å². The molecule has 0 N–H and O–H groups in total. The van der Waals surface area contributed by atoms with Crippen molar-refractivity contribution < 1.29 is 23.8 Å². The predicted octanol–water partition coefficient (Wildman–Crippen LogP) is 1.53. The van der Waals surface area contributed by atoms with Crippen LogP contribution in [0.2, 0.25) is 0 Å². The van der Waals surface area contributed by atoms with E-state index in [4.69, 9.17) is 14.2 Å². The lowest BCUT2D eigenvalue weighted by atomic mass is 9.97. The first-order valence-corrected chi connectivity index (χ1v) is 8.05. The fourth-order valence-corrected chi connectivity index (χ4v) is 2.11. The summed E-state index contributed by atoms with van der Waals surface area (Å²) in [6.07, 6.45) is 1.64. The fourth-order valence-electron chi connectivity index (χ4n) is 2.11. The standard InChI is InChI=1S/C18H27NO5/c1-19(8-9-23-15-24-11-10-22-2)18(21)13-17(14-20)12-16-6-4-3-5-7-16/h3-7,14,17H,8-13,15H2,1-2H3/t17-/m1/s1. The van der Waals surface area contributed by atoms with Gasteiger partial charge in [-0.2, -0.15) is 0 Å². The summed E-state index contributed by atoms with van der Waals surface area (Å²) in [6.45, 7) is 2.03. The first-order valence-electron chi connectivity index (χ1n) is 8.05.